The molecule has 2 aromatic rings. The third kappa shape index (κ3) is 3.89. The molecule has 4 rings (SSSR count). The highest BCUT2D eigenvalue weighted by molar-refractivity contribution is 6.03. The van der Waals surface area contributed by atoms with E-state index in [2.05, 4.69) is 18.0 Å². The van der Waals surface area contributed by atoms with Crippen molar-refractivity contribution in [3.05, 3.63) is 65.2 Å². The van der Waals surface area contributed by atoms with Crippen molar-refractivity contribution >= 4 is 11.5 Å². The smallest absolute Gasteiger partial charge is 0.306 e. The molecule has 2 aliphatic rings. The molecule has 0 radical (unpaired) electrons. The fraction of sp³-hybridized carbons (Fsp3) is 0.409. The van der Waals surface area contributed by atoms with Gasteiger partial charge in [0, 0.05) is 5.41 Å². The lowest BCUT2D eigenvalue weighted by Gasteiger charge is -2.47. The topological polar surface area (TPSA) is 44.9 Å². The quantitative estimate of drug-likeness (QED) is 0.764. The Bertz CT molecular complexity index is 914. The first-order chi connectivity index (χ1) is 13.8. The van der Waals surface area contributed by atoms with Crippen LogP contribution in [0.25, 0.3) is 0 Å². The van der Waals surface area contributed by atoms with E-state index in [0.29, 0.717) is 5.56 Å². The van der Waals surface area contributed by atoms with Crippen LogP contribution in [0.5, 0.6) is 0 Å². The Morgan fingerprint density at radius 3 is 2.52 bits per heavy atom. The SMILES string of the molecule is CN1CCC2(CC1)Cc1ccccc1N(N)C2=NCc1cccc(C(F)(F)F)c1. The second-order valence-corrected chi connectivity index (χ2v) is 8.10. The predicted octanol–water partition coefficient (Wildman–Crippen LogP) is 4.25. The standard InChI is InChI=1S/C22H25F3N4/c1-28-11-9-21(10-12-28)14-17-6-2-3-8-19(17)29(26)20(21)27-15-16-5-4-7-18(13-16)22(23,24)25/h2-8,13H,9-12,14-15,26H2,1H3. The minimum atomic E-state index is -4.36. The molecule has 7 heteroatoms. The van der Waals surface area contributed by atoms with E-state index < -0.39 is 11.7 Å². The van der Waals surface area contributed by atoms with Crippen LogP contribution in [0.3, 0.4) is 0 Å². The van der Waals surface area contributed by atoms with E-state index in [1.165, 1.54) is 17.7 Å². The number of piperidine rings is 1. The number of halogens is 3. The Balaban J connectivity index is 1.69. The number of hydrazine groups is 1. The van der Waals surface area contributed by atoms with Crippen molar-refractivity contribution in [3.63, 3.8) is 0 Å². The van der Waals surface area contributed by atoms with E-state index in [-0.39, 0.29) is 12.0 Å². The van der Waals surface area contributed by atoms with E-state index in [1.54, 1.807) is 11.1 Å². The summed E-state index contributed by atoms with van der Waals surface area (Å²) < 4.78 is 39.1. The molecular formula is C22H25F3N4. The number of hydrogen-bond donors (Lipinski definition) is 1. The first-order valence-corrected chi connectivity index (χ1v) is 9.81. The Labute approximate surface area is 168 Å². The van der Waals surface area contributed by atoms with Crippen molar-refractivity contribution in [2.45, 2.75) is 32.0 Å². The Morgan fingerprint density at radius 2 is 1.79 bits per heavy atom. The Hall–Kier alpha value is -2.38. The average molecular weight is 402 g/mol. The summed E-state index contributed by atoms with van der Waals surface area (Å²) in [6, 6.07) is 13.4. The number of aliphatic imine (C=N–C) groups is 1. The molecule has 0 bridgehead atoms. The van der Waals surface area contributed by atoms with Gasteiger partial charge in [-0.2, -0.15) is 13.2 Å². The molecule has 2 aliphatic heterocycles. The van der Waals surface area contributed by atoms with Crippen molar-refractivity contribution < 1.29 is 13.2 Å². The molecule has 0 unspecified atom stereocenters. The fourth-order valence-corrected chi connectivity index (χ4v) is 4.41. The van der Waals surface area contributed by atoms with Gasteiger partial charge in [-0.3, -0.25) is 10.0 Å². The van der Waals surface area contributed by atoms with Gasteiger partial charge in [-0.25, -0.2) is 5.84 Å². The van der Waals surface area contributed by atoms with Crippen LogP contribution in [0, 0.1) is 5.41 Å². The van der Waals surface area contributed by atoms with Crippen LogP contribution < -0.4 is 10.9 Å². The number of rotatable bonds is 2. The maximum Gasteiger partial charge on any atom is 0.416 e. The minimum absolute atomic E-state index is 0.173. The number of nitrogens with two attached hydrogens (primary N) is 1. The lowest BCUT2D eigenvalue weighted by Crippen LogP contribution is -2.56. The largest absolute Gasteiger partial charge is 0.416 e. The van der Waals surface area contributed by atoms with E-state index in [9.17, 15) is 13.2 Å². The van der Waals surface area contributed by atoms with Gasteiger partial charge in [-0.15, -0.1) is 0 Å². The highest BCUT2D eigenvalue weighted by Crippen LogP contribution is 2.43. The summed E-state index contributed by atoms with van der Waals surface area (Å²) in [4.78, 5) is 7.08. The molecule has 0 atom stereocenters. The minimum Gasteiger partial charge on any atom is -0.306 e. The number of benzene rings is 2. The summed E-state index contributed by atoms with van der Waals surface area (Å²) in [5, 5.41) is 1.65. The number of fused-ring (bicyclic) bond motifs is 1. The number of alkyl halides is 3. The van der Waals surface area contributed by atoms with Crippen molar-refractivity contribution in [1.82, 2.24) is 4.90 Å². The first-order valence-electron chi connectivity index (χ1n) is 9.81. The van der Waals surface area contributed by atoms with Crippen molar-refractivity contribution in [2.24, 2.45) is 16.3 Å². The maximum absolute atomic E-state index is 13.0. The number of amidine groups is 1. The molecule has 0 amide bonds. The van der Waals surface area contributed by atoms with Gasteiger partial charge < -0.3 is 4.90 Å². The molecule has 2 heterocycles. The zero-order valence-corrected chi connectivity index (χ0v) is 16.4. The fourth-order valence-electron chi connectivity index (χ4n) is 4.41. The first kappa shape index (κ1) is 19.9. The van der Waals surface area contributed by atoms with Crippen molar-refractivity contribution in [2.75, 3.05) is 25.1 Å². The Kier molecular flexibility index (Phi) is 5.12. The average Bonchev–Trinajstić information content (AvgIpc) is 2.70. The second kappa shape index (κ2) is 7.46. The normalized spacial score (nSPS) is 20.9. The Morgan fingerprint density at radius 1 is 1.07 bits per heavy atom. The molecule has 2 N–H and O–H groups in total. The van der Waals surface area contributed by atoms with Gasteiger partial charge in [-0.1, -0.05) is 30.3 Å². The predicted molar refractivity (Wildman–Crippen MR) is 109 cm³/mol. The molecule has 0 saturated carbocycles. The molecule has 0 aliphatic carbocycles. The molecule has 154 valence electrons. The number of nitrogens with zero attached hydrogens (tertiary/aromatic N) is 3. The van der Waals surface area contributed by atoms with Gasteiger partial charge in [0.25, 0.3) is 0 Å². The van der Waals surface area contributed by atoms with Crippen molar-refractivity contribution in [1.29, 1.82) is 0 Å². The number of hydrogen-bond acceptors (Lipinski definition) is 3. The summed E-state index contributed by atoms with van der Waals surface area (Å²) in [5.74, 6) is 7.28. The molecule has 1 saturated heterocycles. The maximum atomic E-state index is 13.0. The monoisotopic (exact) mass is 402 g/mol. The van der Waals surface area contributed by atoms with Crippen LogP contribution in [0.15, 0.2) is 53.5 Å². The number of para-hydroxylation sites is 1. The van der Waals surface area contributed by atoms with Crippen LogP contribution in [-0.4, -0.2) is 30.9 Å². The van der Waals surface area contributed by atoms with Gasteiger partial charge in [0.05, 0.1) is 17.8 Å². The summed E-state index contributed by atoms with van der Waals surface area (Å²) >= 11 is 0. The highest BCUT2D eigenvalue weighted by atomic mass is 19.4. The molecule has 2 aromatic carbocycles. The third-order valence-corrected chi connectivity index (χ3v) is 6.09. The zero-order valence-electron chi connectivity index (χ0n) is 16.4. The lowest BCUT2D eigenvalue weighted by atomic mass is 9.70. The summed E-state index contributed by atoms with van der Waals surface area (Å²) in [5.41, 5.74) is 1.81. The number of anilines is 1. The molecule has 1 fully saturated rings. The van der Waals surface area contributed by atoms with E-state index in [0.717, 1.165) is 49.9 Å². The third-order valence-electron chi connectivity index (χ3n) is 6.09. The van der Waals surface area contributed by atoms with E-state index in [4.69, 9.17) is 10.8 Å². The van der Waals surface area contributed by atoms with Gasteiger partial charge in [0.1, 0.15) is 5.84 Å². The molecular weight excluding hydrogens is 377 g/mol. The van der Waals surface area contributed by atoms with E-state index in [1.807, 2.05) is 18.2 Å². The molecule has 1 spiro atoms. The number of likely N-dealkylation sites (tertiary alicyclic amines) is 1. The lowest BCUT2D eigenvalue weighted by molar-refractivity contribution is -0.137. The van der Waals surface area contributed by atoms with E-state index >= 15 is 0 Å². The van der Waals surface area contributed by atoms with Crippen LogP contribution in [0.4, 0.5) is 18.9 Å². The highest BCUT2D eigenvalue weighted by Gasteiger charge is 2.44. The van der Waals surface area contributed by atoms with Gasteiger partial charge in [0.15, 0.2) is 0 Å². The summed E-state index contributed by atoms with van der Waals surface area (Å²) in [6.45, 7) is 2.06. The summed E-state index contributed by atoms with van der Waals surface area (Å²) in [7, 11) is 2.10. The zero-order chi connectivity index (χ0) is 20.6. The second-order valence-electron chi connectivity index (χ2n) is 8.10. The van der Waals surface area contributed by atoms with Crippen LogP contribution in [0.1, 0.15) is 29.5 Å². The van der Waals surface area contributed by atoms with Crippen LogP contribution in [-0.2, 0) is 19.1 Å². The summed E-state index contributed by atoms with van der Waals surface area (Å²) in [6.07, 6.45) is -1.66. The van der Waals surface area contributed by atoms with Crippen LogP contribution >= 0.6 is 0 Å². The van der Waals surface area contributed by atoms with Crippen LogP contribution in [0.2, 0.25) is 0 Å². The molecule has 0 aromatic heterocycles. The van der Waals surface area contributed by atoms with Crippen molar-refractivity contribution in [3.8, 4) is 0 Å². The van der Waals surface area contributed by atoms with Gasteiger partial charge >= 0.3 is 6.18 Å². The molecule has 29 heavy (non-hydrogen) atoms. The van der Waals surface area contributed by atoms with Gasteiger partial charge in [-0.05, 0) is 68.7 Å². The van der Waals surface area contributed by atoms with Gasteiger partial charge in [0.2, 0.25) is 0 Å². The molecule has 4 nitrogen and oxygen atoms in total.